The molecule has 0 spiro atoms. The summed E-state index contributed by atoms with van der Waals surface area (Å²) in [6.07, 6.45) is 0. The molecule has 0 fully saturated rings. The van der Waals surface area contributed by atoms with Gasteiger partial charge in [0, 0.05) is 17.7 Å². The maximum atomic E-state index is 12.3. The molecule has 0 bridgehead atoms. The van der Waals surface area contributed by atoms with Crippen LogP contribution < -0.4 is 14.8 Å². The molecule has 0 atom stereocenters. The van der Waals surface area contributed by atoms with Gasteiger partial charge in [0.2, 0.25) is 0 Å². The monoisotopic (exact) mass is 388 g/mol. The van der Waals surface area contributed by atoms with Gasteiger partial charge in [-0.15, -0.1) is 0 Å². The predicted octanol–water partition coefficient (Wildman–Crippen LogP) is 2.59. The third-order valence-corrected chi connectivity index (χ3v) is 3.62. The summed E-state index contributed by atoms with van der Waals surface area (Å²) in [6.45, 7) is 2.09. The molecule has 148 valence electrons. The van der Waals surface area contributed by atoms with Crippen molar-refractivity contribution in [1.29, 1.82) is 0 Å². The molecule has 0 heterocycles. The molecule has 28 heavy (non-hydrogen) atoms. The fourth-order valence-corrected chi connectivity index (χ4v) is 2.29. The van der Waals surface area contributed by atoms with Gasteiger partial charge >= 0.3 is 5.97 Å². The SMILES string of the molecule is CCOC(=O)c1cc(C(=O)NCCOc2ccc(OC)cc2)cc([N+](=O)[O-])c1. The summed E-state index contributed by atoms with van der Waals surface area (Å²) in [7, 11) is 1.56. The zero-order valence-electron chi connectivity index (χ0n) is 15.5. The minimum atomic E-state index is -0.733. The van der Waals surface area contributed by atoms with Crippen molar-refractivity contribution in [3.05, 3.63) is 63.7 Å². The number of non-ortho nitro benzene ring substituents is 1. The standard InChI is InChI=1S/C19H20N2O7/c1-3-27-19(23)14-10-13(11-15(12-14)21(24)25)18(22)20-8-9-28-17-6-4-16(26-2)5-7-17/h4-7,10-12H,3,8-9H2,1-2H3,(H,20,22). The van der Waals surface area contributed by atoms with E-state index in [-0.39, 0.29) is 36.6 Å². The van der Waals surface area contributed by atoms with Gasteiger partial charge in [-0.1, -0.05) is 0 Å². The lowest BCUT2D eigenvalue weighted by molar-refractivity contribution is -0.384. The zero-order chi connectivity index (χ0) is 20.5. The molecule has 2 aromatic rings. The summed E-state index contributed by atoms with van der Waals surface area (Å²) >= 11 is 0. The summed E-state index contributed by atoms with van der Waals surface area (Å²) in [5.41, 5.74) is -0.442. The summed E-state index contributed by atoms with van der Waals surface area (Å²) in [4.78, 5) is 34.5. The van der Waals surface area contributed by atoms with E-state index in [1.54, 1.807) is 38.3 Å². The molecule has 9 nitrogen and oxygen atoms in total. The van der Waals surface area contributed by atoms with Gasteiger partial charge in [0.25, 0.3) is 11.6 Å². The predicted molar refractivity (Wildman–Crippen MR) is 99.9 cm³/mol. The Morgan fingerprint density at radius 2 is 1.71 bits per heavy atom. The van der Waals surface area contributed by atoms with E-state index >= 15 is 0 Å². The number of carbonyl (C=O) groups is 2. The third-order valence-electron chi connectivity index (χ3n) is 3.62. The molecule has 2 aromatic carbocycles. The minimum Gasteiger partial charge on any atom is -0.497 e. The second-order valence-electron chi connectivity index (χ2n) is 5.53. The molecular weight excluding hydrogens is 368 g/mol. The second kappa shape index (κ2) is 9.91. The van der Waals surface area contributed by atoms with E-state index in [0.717, 1.165) is 12.1 Å². The number of nitrogens with zero attached hydrogens (tertiary/aromatic N) is 1. The van der Waals surface area contributed by atoms with Crippen LogP contribution in [-0.4, -0.2) is 43.7 Å². The molecule has 0 unspecified atom stereocenters. The second-order valence-corrected chi connectivity index (χ2v) is 5.53. The quantitative estimate of drug-likeness (QED) is 0.304. The molecule has 0 aliphatic carbocycles. The molecule has 0 aliphatic heterocycles. The summed E-state index contributed by atoms with van der Waals surface area (Å²) in [5.74, 6) is 0.00870. The van der Waals surface area contributed by atoms with Crippen molar-refractivity contribution in [2.45, 2.75) is 6.92 Å². The lowest BCUT2D eigenvalue weighted by Gasteiger charge is -2.09. The molecule has 0 radical (unpaired) electrons. The topological polar surface area (TPSA) is 117 Å². The third kappa shape index (κ3) is 5.70. The number of carbonyl (C=O) groups excluding carboxylic acids is 2. The lowest BCUT2D eigenvalue weighted by atomic mass is 10.1. The van der Waals surface area contributed by atoms with E-state index in [0.29, 0.717) is 11.5 Å². The molecule has 0 saturated heterocycles. The summed E-state index contributed by atoms with van der Waals surface area (Å²) in [5, 5.41) is 13.7. The van der Waals surface area contributed by atoms with E-state index in [1.807, 2.05) is 0 Å². The molecule has 1 amide bonds. The van der Waals surface area contributed by atoms with Gasteiger partial charge in [0.05, 0.1) is 30.7 Å². The van der Waals surface area contributed by atoms with Crippen LogP contribution in [-0.2, 0) is 4.74 Å². The highest BCUT2D eigenvalue weighted by atomic mass is 16.6. The van der Waals surface area contributed by atoms with Gasteiger partial charge in [0.1, 0.15) is 18.1 Å². The van der Waals surface area contributed by atoms with Crippen LogP contribution in [0.4, 0.5) is 5.69 Å². The van der Waals surface area contributed by atoms with Crippen molar-refractivity contribution >= 4 is 17.6 Å². The number of amides is 1. The fourth-order valence-electron chi connectivity index (χ4n) is 2.29. The molecule has 9 heteroatoms. The van der Waals surface area contributed by atoms with Crippen LogP contribution in [0.25, 0.3) is 0 Å². The molecule has 0 saturated carbocycles. The van der Waals surface area contributed by atoms with Gasteiger partial charge in [-0.05, 0) is 37.3 Å². The van der Waals surface area contributed by atoms with E-state index < -0.39 is 16.8 Å². The van der Waals surface area contributed by atoms with Crippen molar-refractivity contribution in [1.82, 2.24) is 5.32 Å². The fraction of sp³-hybridized carbons (Fsp3) is 0.263. The summed E-state index contributed by atoms with van der Waals surface area (Å²) in [6, 6.07) is 10.4. The Hall–Kier alpha value is -3.62. The van der Waals surface area contributed by atoms with Gasteiger partial charge in [-0.25, -0.2) is 4.79 Å². The van der Waals surface area contributed by atoms with Crippen LogP contribution >= 0.6 is 0 Å². The van der Waals surface area contributed by atoms with Crippen molar-refractivity contribution < 1.29 is 28.7 Å². The normalized spacial score (nSPS) is 10.1. The van der Waals surface area contributed by atoms with Crippen LogP contribution in [0.1, 0.15) is 27.6 Å². The first-order valence-electron chi connectivity index (χ1n) is 8.46. The van der Waals surface area contributed by atoms with E-state index in [4.69, 9.17) is 14.2 Å². The smallest absolute Gasteiger partial charge is 0.338 e. The molecule has 1 N–H and O–H groups in total. The number of hydrogen-bond acceptors (Lipinski definition) is 7. The Bertz CT molecular complexity index is 850. The Morgan fingerprint density at radius 3 is 2.32 bits per heavy atom. The minimum absolute atomic E-state index is 0.0123. The molecular formula is C19H20N2O7. The summed E-state index contributed by atoms with van der Waals surface area (Å²) < 4.78 is 15.4. The van der Waals surface area contributed by atoms with Gasteiger partial charge < -0.3 is 19.5 Å². The van der Waals surface area contributed by atoms with E-state index in [2.05, 4.69) is 5.32 Å². The van der Waals surface area contributed by atoms with Crippen LogP contribution in [0.3, 0.4) is 0 Å². The molecule has 2 rings (SSSR count). The number of ether oxygens (including phenoxy) is 3. The number of hydrogen-bond donors (Lipinski definition) is 1. The highest BCUT2D eigenvalue weighted by molar-refractivity contribution is 5.99. The van der Waals surface area contributed by atoms with Crippen LogP contribution in [0.5, 0.6) is 11.5 Å². The molecule has 0 aromatic heterocycles. The van der Waals surface area contributed by atoms with E-state index in [1.165, 1.54) is 6.07 Å². The average Bonchev–Trinajstić information content (AvgIpc) is 2.71. The van der Waals surface area contributed by atoms with Crippen LogP contribution in [0, 0.1) is 10.1 Å². The number of nitro benzene ring substituents is 1. The van der Waals surface area contributed by atoms with Crippen LogP contribution in [0.2, 0.25) is 0 Å². The van der Waals surface area contributed by atoms with Crippen molar-refractivity contribution in [2.24, 2.45) is 0 Å². The first kappa shape index (κ1) is 20.7. The number of nitro groups is 1. The Kier molecular flexibility index (Phi) is 7.32. The average molecular weight is 388 g/mol. The van der Waals surface area contributed by atoms with Gasteiger partial charge in [0.15, 0.2) is 0 Å². The number of benzene rings is 2. The Morgan fingerprint density at radius 1 is 1.07 bits per heavy atom. The van der Waals surface area contributed by atoms with Crippen molar-refractivity contribution in [2.75, 3.05) is 26.9 Å². The maximum absolute atomic E-state index is 12.3. The first-order chi connectivity index (χ1) is 13.4. The molecule has 0 aliphatic rings. The first-order valence-corrected chi connectivity index (χ1v) is 8.46. The Balaban J connectivity index is 1.98. The zero-order valence-corrected chi connectivity index (χ0v) is 15.5. The maximum Gasteiger partial charge on any atom is 0.338 e. The Labute approximate surface area is 161 Å². The highest BCUT2D eigenvalue weighted by Gasteiger charge is 2.18. The lowest BCUT2D eigenvalue weighted by Crippen LogP contribution is -2.28. The van der Waals surface area contributed by atoms with E-state index in [9.17, 15) is 19.7 Å². The van der Waals surface area contributed by atoms with Gasteiger partial charge in [-0.2, -0.15) is 0 Å². The largest absolute Gasteiger partial charge is 0.497 e. The number of esters is 1. The number of methoxy groups -OCH3 is 1. The van der Waals surface area contributed by atoms with Crippen molar-refractivity contribution in [3.8, 4) is 11.5 Å². The van der Waals surface area contributed by atoms with Crippen molar-refractivity contribution in [3.63, 3.8) is 0 Å². The highest BCUT2D eigenvalue weighted by Crippen LogP contribution is 2.19. The van der Waals surface area contributed by atoms with Gasteiger partial charge in [-0.3, -0.25) is 14.9 Å². The van der Waals surface area contributed by atoms with Crippen LogP contribution in [0.15, 0.2) is 42.5 Å². The number of nitrogens with one attached hydrogen (secondary N) is 1. The number of rotatable bonds is 9.